The van der Waals surface area contributed by atoms with Gasteiger partial charge in [0.1, 0.15) is 6.04 Å². The first-order chi connectivity index (χ1) is 6.63. The third-order valence-corrected chi connectivity index (χ3v) is 1.94. The molecule has 4 heteroatoms. The number of nitrogen functional groups attached to an aromatic ring is 1. The Kier molecular flexibility index (Phi) is 3.48. The van der Waals surface area contributed by atoms with Crippen LogP contribution in [0.5, 0.6) is 0 Å². The van der Waals surface area contributed by atoms with Crippen molar-refractivity contribution in [2.24, 2.45) is 5.73 Å². The second-order valence-corrected chi connectivity index (χ2v) is 3.08. The highest BCUT2D eigenvalue weighted by atomic mass is 16.5. The molecule has 1 rings (SSSR count). The minimum absolute atomic E-state index is 0.401. The Balaban J connectivity index is 2.60. The van der Waals surface area contributed by atoms with Gasteiger partial charge < -0.3 is 16.2 Å². The van der Waals surface area contributed by atoms with E-state index >= 15 is 0 Å². The van der Waals surface area contributed by atoms with Gasteiger partial charge >= 0.3 is 5.97 Å². The minimum Gasteiger partial charge on any atom is -0.468 e. The molecule has 0 saturated heterocycles. The molecule has 0 aliphatic carbocycles. The summed E-state index contributed by atoms with van der Waals surface area (Å²) in [7, 11) is 1.32. The zero-order valence-corrected chi connectivity index (χ0v) is 8.07. The molecule has 0 aliphatic rings. The van der Waals surface area contributed by atoms with Gasteiger partial charge in [0.2, 0.25) is 0 Å². The molecule has 4 nitrogen and oxygen atoms in total. The van der Waals surface area contributed by atoms with Crippen molar-refractivity contribution >= 4 is 11.7 Å². The van der Waals surface area contributed by atoms with Gasteiger partial charge in [0, 0.05) is 5.69 Å². The van der Waals surface area contributed by atoms with Gasteiger partial charge in [-0.15, -0.1) is 0 Å². The summed E-state index contributed by atoms with van der Waals surface area (Å²) in [4.78, 5) is 11.0. The molecule has 0 aromatic heterocycles. The van der Waals surface area contributed by atoms with Gasteiger partial charge in [-0.25, -0.2) is 0 Å². The second kappa shape index (κ2) is 4.62. The summed E-state index contributed by atoms with van der Waals surface area (Å²) in [5.74, 6) is -0.401. The Bertz CT molecular complexity index is 308. The number of anilines is 1. The summed E-state index contributed by atoms with van der Waals surface area (Å²) >= 11 is 0. The monoisotopic (exact) mass is 194 g/mol. The zero-order valence-electron chi connectivity index (χ0n) is 8.07. The predicted molar refractivity (Wildman–Crippen MR) is 54.5 cm³/mol. The fraction of sp³-hybridized carbons (Fsp3) is 0.300. The summed E-state index contributed by atoms with van der Waals surface area (Å²) in [6, 6.07) is 6.64. The predicted octanol–water partition coefficient (Wildman–Crippen LogP) is 0.312. The van der Waals surface area contributed by atoms with E-state index < -0.39 is 12.0 Å². The van der Waals surface area contributed by atoms with E-state index in [1.54, 1.807) is 12.1 Å². The highest BCUT2D eigenvalue weighted by molar-refractivity contribution is 5.75. The van der Waals surface area contributed by atoms with Gasteiger partial charge in [-0.1, -0.05) is 12.1 Å². The molecule has 0 fully saturated rings. The third-order valence-electron chi connectivity index (χ3n) is 1.94. The summed E-state index contributed by atoms with van der Waals surface area (Å²) in [5, 5.41) is 0. The van der Waals surface area contributed by atoms with Gasteiger partial charge in [0.05, 0.1) is 7.11 Å². The number of carbonyl (C=O) groups excluding carboxylic acids is 1. The lowest BCUT2D eigenvalue weighted by Crippen LogP contribution is -2.33. The molecule has 0 unspecified atom stereocenters. The first kappa shape index (κ1) is 10.5. The van der Waals surface area contributed by atoms with Crippen molar-refractivity contribution in [1.82, 2.24) is 0 Å². The van der Waals surface area contributed by atoms with Crippen LogP contribution >= 0.6 is 0 Å². The van der Waals surface area contributed by atoms with Crippen molar-refractivity contribution in [3.63, 3.8) is 0 Å². The average Bonchev–Trinajstić information content (AvgIpc) is 2.20. The molecule has 0 amide bonds. The number of rotatable bonds is 3. The fourth-order valence-corrected chi connectivity index (χ4v) is 1.14. The number of esters is 1. The molecule has 1 atom stereocenters. The molecule has 0 bridgehead atoms. The van der Waals surface area contributed by atoms with E-state index in [-0.39, 0.29) is 0 Å². The van der Waals surface area contributed by atoms with Crippen LogP contribution in [0.3, 0.4) is 0 Å². The summed E-state index contributed by atoms with van der Waals surface area (Å²) in [6.07, 6.45) is 0.465. The molecule has 76 valence electrons. The number of benzene rings is 1. The molecule has 1 aromatic carbocycles. The Morgan fingerprint density at radius 1 is 1.43 bits per heavy atom. The van der Waals surface area contributed by atoms with Crippen molar-refractivity contribution in [3.05, 3.63) is 29.8 Å². The molecular formula is C10H14N2O2. The van der Waals surface area contributed by atoms with Gasteiger partial charge in [0.15, 0.2) is 0 Å². The first-order valence-corrected chi connectivity index (χ1v) is 4.31. The standard InChI is InChI=1S/C10H14N2O2/c1-14-10(13)9(12)6-7-2-4-8(11)5-3-7/h2-5,9H,6,11-12H2,1H3/t9-/m1/s1. The number of carbonyl (C=O) groups is 1. The lowest BCUT2D eigenvalue weighted by molar-refractivity contribution is -0.142. The van der Waals surface area contributed by atoms with E-state index in [1.807, 2.05) is 12.1 Å². The SMILES string of the molecule is COC(=O)[C@H](N)Cc1ccc(N)cc1. The smallest absolute Gasteiger partial charge is 0.322 e. The van der Waals surface area contributed by atoms with Crippen LogP contribution in [0.1, 0.15) is 5.56 Å². The minimum atomic E-state index is -0.608. The summed E-state index contributed by atoms with van der Waals surface area (Å²) in [6.45, 7) is 0. The summed E-state index contributed by atoms with van der Waals surface area (Å²) in [5.41, 5.74) is 12.8. The van der Waals surface area contributed by atoms with E-state index in [1.165, 1.54) is 7.11 Å². The quantitative estimate of drug-likeness (QED) is 0.536. The Morgan fingerprint density at radius 2 is 2.00 bits per heavy atom. The second-order valence-electron chi connectivity index (χ2n) is 3.08. The Morgan fingerprint density at radius 3 is 2.50 bits per heavy atom. The molecule has 0 saturated carbocycles. The van der Waals surface area contributed by atoms with Crippen LogP contribution in [-0.2, 0) is 16.0 Å². The Hall–Kier alpha value is -1.55. The zero-order chi connectivity index (χ0) is 10.6. The maximum atomic E-state index is 11.0. The maximum absolute atomic E-state index is 11.0. The molecule has 0 spiro atoms. The van der Waals surface area contributed by atoms with Gasteiger partial charge in [-0.3, -0.25) is 4.79 Å². The van der Waals surface area contributed by atoms with E-state index in [4.69, 9.17) is 11.5 Å². The van der Waals surface area contributed by atoms with E-state index in [0.29, 0.717) is 12.1 Å². The Labute approximate surface area is 82.8 Å². The number of ether oxygens (including phenoxy) is 1. The van der Waals surface area contributed by atoms with Crippen molar-refractivity contribution in [3.8, 4) is 0 Å². The fourth-order valence-electron chi connectivity index (χ4n) is 1.14. The van der Waals surface area contributed by atoms with Crippen molar-refractivity contribution in [2.45, 2.75) is 12.5 Å². The molecule has 1 aromatic rings. The highest BCUT2D eigenvalue weighted by Gasteiger charge is 2.13. The first-order valence-electron chi connectivity index (χ1n) is 4.31. The highest BCUT2D eigenvalue weighted by Crippen LogP contribution is 2.07. The number of methoxy groups -OCH3 is 1. The number of hydrogen-bond acceptors (Lipinski definition) is 4. The van der Waals surface area contributed by atoms with Crippen LogP contribution in [0.15, 0.2) is 24.3 Å². The van der Waals surface area contributed by atoms with Crippen LogP contribution < -0.4 is 11.5 Å². The third kappa shape index (κ3) is 2.74. The molecule has 4 N–H and O–H groups in total. The normalized spacial score (nSPS) is 12.1. The van der Waals surface area contributed by atoms with Crippen LogP contribution in [0, 0.1) is 0 Å². The summed E-state index contributed by atoms with van der Waals surface area (Å²) < 4.78 is 4.52. The number of hydrogen-bond donors (Lipinski definition) is 2. The topological polar surface area (TPSA) is 78.3 Å². The van der Waals surface area contributed by atoms with Gasteiger partial charge in [0.25, 0.3) is 0 Å². The van der Waals surface area contributed by atoms with Crippen molar-refractivity contribution in [2.75, 3.05) is 12.8 Å². The van der Waals surface area contributed by atoms with Crippen LogP contribution in [0.2, 0.25) is 0 Å². The van der Waals surface area contributed by atoms with Gasteiger partial charge in [-0.05, 0) is 24.1 Å². The average molecular weight is 194 g/mol. The molecule has 0 aliphatic heterocycles. The van der Waals surface area contributed by atoms with E-state index in [0.717, 1.165) is 5.56 Å². The lowest BCUT2D eigenvalue weighted by Gasteiger charge is -2.08. The van der Waals surface area contributed by atoms with Crippen LogP contribution in [0.4, 0.5) is 5.69 Å². The van der Waals surface area contributed by atoms with Crippen LogP contribution in [0.25, 0.3) is 0 Å². The lowest BCUT2D eigenvalue weighted by atomic mass is 10.1. The molecular weight excluding hydrogens is 180 g/mol. The van der Waals surface area contributed by atoms with E-state index in [2.05, 4.69) is 4.74 Å². The van der Waals surface area contributed by atoms with Crippen molar-refractivity contribution < 1.29 is 9.53 Å². The van der Waals surface area contributed by atoms with E-state index in [9.17, 15) is 4.79 Å². The van der Waals surface area contributed by atoms with Crippen LogP contribution in [-0.4, -0.2) is 19.1 Å². The maximum Gasteiger partial charge on any atom is 0.322 e. The molecule has 0 heterocycles. The van der Waals surface area contributed by atoms with Gasteiger partial charge in [-0.2, -0.15) is 0 Å². The van der Waals surface area contributed by atoms with Crippen molar-refractivity contribution in [1.29, 1.82) is 0 Å². The number of nitrogens with two attached hydrogens (primary N) is 2. The largest absolute Gasteiger partial charge is 0.468 e. The molecule has 14 heavy (non-hydrogen) atoms. The molecule has 0 radical (unpaired) electrons.